The molecule has 23 nitrogen and oxygen atoms in total. The molecule has 0 aromatic carbocycles. The molecule has 3 aliphatic heterocycles. The number of ketones is 1. The highest BCUT2D eigenvalue weighted by Gasteiger charge is 2.49. The highest BCUT2D eigenvalue weighted by Crippen LogP contribution is 2.60. The Bertz CT molecular complexity index is 2070. The molecule has 3 aliphatic rings. The number of imidazole rings is 1. The number of phosphoric ester groups is 2. The van der Waals surface area contributed by atoms with Crippen molar-refractivity contribution in [2.45, 2.75) is 62.4 Å². The van der Waals surface area contributed by atoms with E-state index in [-0.39, 0.29) is 28.1 Å². The fraction of sp³-hybridized carbons (Fsp3) is 0.448. The quantitative estimate of drug-likeness (QED) is 0.0671. The Morgan fingerprint density at radius 1 is 0.926 bits per heavy atom. The topological polar surface area (TPSA) is 348 Å². The molecule has 0 radical (unpaired) electrons. The number of pyridine rings is 1. The smallest absolute Gasteiger partial charge is 0.387 e. The molecule has 6 rings (SSSR count). The second-order valence-corrected chi connectivity index (χ2v) is 15.3. The average molecular weight is 799 g/mol. The number of ether oxygens (including phenoxy) is 2. The normalized spacial score (nSPS) is 30.6. The lowest BCUT2D eigenvalue weighted by molar-refractivity contribution is -0.115. The van der Waals surface area contributed by atoms with Crippen LogP contribution in [0.25, 0.3) is 11.2 Å². The number of amides is 1. The predicted octanol–water partition coefficient (Wildman–Crippen LogP) is -1.62. The minimum atomic E-state index is -5.46. The summed E-state index contributed by atoms with van der Waals surface area (Å²) in [5.41, 5.74) is 12.5. The number of aryl methyl sites for hydroxylation is 1. The summed E-state index contributed by atoms with van der Waals surface area (Å²) >= 11 is 0. The maximum atomic E-state index is 13.3. The lowest BCUT2D eigenvalue weighted by Crippen LogP contribution is -2.41. The number of aliphatic hydroxyl groups is 4. The second-order valence-electron chi connectivity index (χ2n) is 12.3. The molecule has 11 atom stereocenters. The maximum Gasteiger partial charge on any atom is 0.481 e. The van der Waals surface area contributed by atoms with Gasteiger partial charge in [-0.2, -0.15) is 4.31 Å². The summed E-state index contributed by atoms with van der Waals surface area (Å²) in [6.45, 7) is -0.0395. The number of primary amides is 1. The van der Waals surface area contributed by atoms with Crippen molar-refractivity contribution in [3.8, 4) is 0 Å². The SMILES string of the molecule is CCc1cc(C(=O)[C@H]2C=CN([C@@H]3O[C@H](COP(=O)(O)OP(=O)(O)OC[C@H]4O[C@@H](n5cnc6c(N)ncnc65)[C@H](O)[C@@H]4O)[C@@H](O)[C@H]3O)C=C2C(N)=O)ccn1. The number of aliphatic hydroxyl groups excluding tert-OH is 4. The molecule has 2 fully saturated rings. The van der Waals surface area contributed by atoms with Gasteiger partial charge in [0, 0.05) is 35.4 Å². The van der Waals surface area contributed by atoms with Crippen molar-refractivity contribution in [2.75, 3.05) is 18.9 Å². The number of carbonyl (C=O) groups is 2. The van der Waals surface area contributed by atoms with E-state index < -0.39 is 95.5 Å². The first-order valence-corrected chi connectivity index (χ1v) is 19.1. The largest absolute Gasteiger partial charge is 0.481 e. The van der Waals surface area contributed by atoms with E-state index in [0.717, 1.165) is 17.4 Å². The van der Waals surface area contributed by atoms with E-state index in [1.165, 1.54) is 35.4 Å². The van der Waals surface area contributed by atoms with Crippen LogP contribution in [-0.2, 0) is 43.2 Å². The number of hydrogen-bond donors (Lipinski definition) is 8. The van der Waals surface area contributed by atoms with Crippen LogP contribution in [0.2, 0.25) is 0 Å². The summed E-state index contributed by atoms with van der Waals surface area (Å²) < 4.78 is 51.5. The first kappa shape index (κ1) is 39.6. The molecule has 25 heteroatoms. The number of fused-ring (bicyclic) bond motifs is 1. The van der Waals surface area contributed by atoms with Gasteiger partial charge in [-0.05, 0) is 18.6 Å². The second kappa shape index (κ2) is 15.6. The zero-order valence-corrected chi connectivity index (χ0v) is 29.8. The third-order valence-electron chi connectivity index (χ3n) is 8.74. The van der Waals surface area contributed by atoms with Gasteiger partial charge in [0.1, 0.15) is 48.5 Å². The number of aromatic nitrogens is 5. The van der Waals surface area contributed by atoms with Gasteiger partial charge in [-0.1, -0.05) is 13.0 Å². The monoisotopic (exact) mass is 798 g/mol. The molecule has 2 saturated heterocycles. The summed E-state index contributed by atoms with van der Waals surface area (Å²) in [5.74, 6) is -2.46. The highest BCUT2D eigenvalue weighted by atomic mass is 31.3. The Morgan fingerprint density at radius 3 is 2.19 bits per heavy atom. The zero-order valence-electron chi connectivity index (χ0n) is 28.0. The lowest BCUT2D eigenvalue weighted by atomic mass is 9.88. The number of nitrogen functional groups attached to an aromatic ring is 1. The fourth-order valence-corrected chi connectivity index (χ4v) is 8.05. The Morgan fingerprint density at radius 2 is 1.56 bits per heavy atom. The van der Waals surface area contributed by atoms with E-state index in [2.05, 4.69) is 24.2 Å². The van der Waals surface area contributed by atoms with Crippen molar-refractivity contribution in [1.29, 1.82) is 0 Å². The number of hydrogen-bond acceptors (Lipinski definition) is 19. The van der Waals surface area contributed by atoms with Crippen molar-refractivity contribution in [3.63, 3.8) is 0 Å². The maximum absolute atomic E-state index is 13.3. The highest BCUT2D eigenvalue weighted by molar-refractivity contribution is 7.61. The molecular weight excluding hydrogens is 762 g/mol. The zero-order chi connectivity index (χ0) is 39.1. The van der Waals surface area contributed by atoms with Crippen LogP contribution < -0.4 is 11.5 Å². The van der Waals surface area contributed by atoms with Gasteiger partial charge in [-0.15, -0.1) is 0 Å². The van der Waals surface area contributed by atoms with Gasteiger partial charge < -0.3 is 56.1 Å². The molecular formula is C29H36N8O15P2. The number of anilines is 1. The standard InChI is InChI=1S/C29H36N8O15P2/c1-2-14-7-13(3-5-32-14)20(38)15-4-6-36(8-16(15)26(31)43)28-23(41)21(39)17(50-28)9-48-53(44,45)52-54(46,47)49-10-18-22(40)24(42)29(51-18)37-12-35-19-25(30)33-11-34-27(19)37/h3-8,11-12,15,17-18,21-24,28-29,39-42H,2,9-10H2,1H3,(H2,31,43)(H,44,45)(H,46,47)(H2,30,33,34)/t15-,17+,18+,21+,22+,23+,24+,28+,29+/m0/s1. The Balaban J connectivity index is 1.04. The van der Waals surface area contributed by atoms with Crippen LogP contribution in [0.4, 0.5) is 5.82 Å². The minimum Gasteiger partial charge on any atom is -0.387 e. The van der Waals surface area contributed by atoms with Gasteiger partial charge in [0.2, 0.25) is 5.91 Å². The number of phosphoric acid groups is 2. The van der Waals surface area contributed by atoms with Crippen molar-refractivity contribution >= 4 is 44.3 Å². The number of rotatable bonds is 14. The molecule has 2 unspecified atom stereocenters. The van der Waals surface area contributed by atoms with Crippen molar-refractivity contribution in [2.24, 2.45) is 11.7 Å². The van der Waals surface area contributed by atoms with Crippen molar-refractivity contribution in [3.05, 3.63) is 66.3 Å². The number of Topliss-reactive ketones (excluding diaryl/α,β-unsaturated/α-hetero) is 1. The average Bonchev–Trinajstić information content (AvgIpc) is 3.78. The molecule has 10 N–H and O–H groups in total. The van der Waals surface area contributed by atoms with E-state index in [0.29, 0.717) is 12.1 Å². The van der Waals surface area contributed by atoms with Gasteiger partial charge in [0.05, 0.1) is 25.5 Å². The first-order valence-electron chi connectivity index (χ1n) is 16.1. The predicted molar refractivity (Wildman–Crippen MR) is 179 cm³/mol. The Hall–Kier alpha value is -4.06. The summed E-state index contributed by atoms with van der Waals surface area (Å²) in [6, 6.07) is 3.08. The molecule has 6 heterocycles. The van der Waals surface area contributed by atoms with Crippen LogP contribution in [0.3, 0.4) is 0 Å². The summed E-state index contributed by atoms with van der Waals surface area (Å²) in [6.07, 6.45) is -4.29. The van der Waals surface area contributed by atoms with Crippen LogP contribution in [0.15, 0.2) is 55.0 Å². The van der Waals surface area contributed by atoms with E-state index in [9.17, 15) is 48.9 Å². The molecule has 0 aliphatic carbocycles. The molecule has 292 valence electrons. The summed E-state index contributed by atoms with van der Waals surface area (Å²) in [4.78, 5) is 63.2. The molecule has 0 spiro atoms. The summed E-state index contributed by atoms with van der Waals surface area (Å²) in [7, 11) is -10.9. The number of nitrogens with two attached hydrogens (primary N) is 2. The third-order valence-corrected chi connectivity index (χ3v) is 11.3. The van der Waals surface area contributed by atoms with Gasteiger partial charge in [0.25, 0.3) is 0 Å². The van der Waals surface area contributed by atoms with Gasteiger partial charge >= 0.3 is 15.6 Å². The van der Waals surface area contributed by atoms with Crippen molar-refractivity contribution in [1.82, 2.24) is 29.4 Å². The minimum absolute atomic E-state index is 0.0381. The van der Waals surface area contributed by atoms with Gasteiger partial charge in [-0.3, -0.25) is 28.2 Å². The summed E-state index contributed by atoms with van der Waals surface area (Å²) in [5, 5.41) is 42.4. The number of carbonyl (C=O) groups excluding carboxylic acids is 2. The Kier molecular flexibility index (Phi) is 11.4. The van der Waals surface area contributed by atoms with Crippen molar-refractivity contribution < 1.29 is 71.8 Å². The first-order chi connectivity index (χ1) is 25.5. The molecule has 0 bridgehead atoms. The molecule has 0 saturated carbocycles. The molecule has 3 aromatic rings. The number of nitrogens with zero attached hydrogens (tertiary/aromatic N) is 6. The Labute approximate surface area is 304 Å². The van der Waals surface area contributed by atoms with Crippen LogP contribution >= 0.6 is 15.6 Å². The van der Waals surface area contributed by atoms with E-state index in [1.54, 1.807) is 6.07 Å². The van der Waals surface area contributed by atoms with Crippen LogP contribution in [0.1, 0.15) is 29.2 Å². The van der Waals surface area contributed by atoms with Gasteiger partial charge in [-0.25, -0.2) is 24.1 Å². The molecule has 54 heavy (non-hydrogen) atoms. The third kappa shape index (κ3) is 8.14. The number of allylic oxidation sites excluding steroid dienone is 1. The van der Waals surface area contributed by atoms with E-state index in [1.807, 2.05) is 6.92 Å². The van der Waals surface area contributed by atoms with Crippen LogP contribution in [-0.4, -0.2) is 127 Å². The molecule has 3 aromatic heterocycles. The molecule has 1 amide bonds. The van der Waals surface area contributed by atoms with E-state index >= 15 is 0 Å². The fourth-order valence-electron chi connectivity index (χ4n) is 5.96. The van der Waals surface area contributed by atoms with Crippen LogP contribution in [0.5, 0.6) is 0 Å². The van der Waals surface area contributed by atoms with E-state index in [4.69, 9.17) is 30.0 Å². The lowest BCUT2D eigenvalue weighted by Gasteiger charge is -2.31. The van der Waals surface area contributed by atoms with Crippen LogP contribution in [0, 0.1) is 5.92 Å². The van der Waals surface area contributed by atoms with Gasteiger partial charge in [0.15, 0.2) is 29.7 Å².